The van der Waals surface area contributed by atoms with Crippen LogP contribution in [0.25, 0.3) is 0 Å². The molecule has 19 heavy (non-hydrogen) atoms. The average Bonchev–Trinajstić information content (AvgIpc) is 2.32. The second-order valence-electron chi connectivity index (χ2n) is 4.65. The van der Waals surface area contributed by atoms with E-state index in [-0.39, 0.29) is 0 Å². The molecule has 2 aromatic rings. The van der Waals surface area contributed by atoms with Gasteiger partial charge in [0, 0.05) is 9.79 Å². The van der Waals surface area contributed by atoms with Crippen molar-refractivity contribution >= 4 is 17.7 Å². The lowest BCUT2D eigenvalue weighted by molar-refractivity contribution is 0.0696. The van der Waals surface area contributed by atoms with Crippen LogP contribution in [0.15, 0.2) is 46.2 Å². The van der Waals surface area contributed by atoms with Crippen molar-refractivity contribution in [1.82, 2.24) is 0 Å². The molecule has 0 heterocycles. The maximum absolute atomic E-state index is 11.0. The largest absolute Gasteiger partial charge is 0.478 e. The highest BCUT2D eigenvalue weighted by Crippen LogP contribution is 2.31. The molecule has 0 unspecified atom stereocenters. The van der Waals surface area contributed by atoms with E-state index < -0.39 is 5.97 Å². The Labute approximate surface area is 117 Å². The molecule has 0 fully saturated rings. The van der Waals surface area contributed by atoms with Crippen LogP contribution in [0, 0.1) is 20.8 Å². The molecule has 0 aliphatic carbocycles. The maximum Gasteiger partial charge on any atom is 0.335 e. The molecule has 0 radical (unpaired) electrons. The van der Waals surface area contributed by atoms with Gasteiger partial charge in [-0.25, -0.2) is 4.79 Å². The molecule has 0 saturated carbocycles. The van der Waals surface area contributed by atoms with E-state index in [1.165, 1.54) is 16.0 Å². The van der Waals surface area contributed by atoms with E-state index in [2.05, 4.69) is 32.0 Å². The topological polar surface area (TPSA) is 37.3 Å². The summed E-state index contributed by atoms with van der Waals surface area (Å²) in [7, 11) is 0. The molecule has 0 bridgehead atoms. The summed E-state index contributed by atoms with van der Waals surface area (Å²) in [6.07, 6.45) is 0. The summed E-state index contributed by atoms with van der Waals surface area (Å²) in [4.78, 5) is 13.2. The molecule has 2 aromatic carbocycles. The fourth-order valence-electron chi connectivity index (χ4n) is 1.98. The van der Waals surface area contributed by atoms with E-state index in [1.54, 1.807) is 17.8 Å². The zero-order valence-corrected chi connectivity index (χ0v) is 12.0. The van der Waals surface area contributed by atoms with Crippen molar-refractivity contribution in [3.05, 3.63) is 58.7 Å². The number of hydrogen-bond acceptors (Lipinski definition) is 2. The van der Waals surface area contributed by atoms with Gasteiger partial charge in [0.2, 0.25) is 0 Å². The lowest BCUT2D eigenvalue weighted by Crippen LogP contribution is -1.99. The number of carbonyl (C=O) groups is 1. The third-order valence-corrected chi connectivity index (χ3v) is 4.15. The number of aryl methyl sites for hydroxylation is 3. The number of hydrogen-bond donors (Lipinski definition) is 1. The Kier molecular flexibility index (Phi) is 3.96. The van der Waals surface area contributed by atoms with Gasteiger partial charge in [-0.3, -0.25) is 0 Å². The van der Waals surface area contributed by atoms with Gasteiger partial charge in [-0.1, -0.05) is 29.5 Å². The third-order valence-electron chi connectivity index (χ3n) is 2.99. The minimum atomic E-state index is -0.874. The molecule has 0 amide bonds. The van der Waals surface area contributed by atoms with E-state index in [0.717, 1.165) is 10.5 Å². The summed E-state index contributed by atoms with van der Waals surface area (Å²) >= 11 is 1.66. The molecule has 2 rings (SSSR count). The Balaban J connectivity index is 2.29. The lowest BCUT2D eigenvalue weighted by atomic mass is 10.1. The van der Waals surface area contributed by atoms with Gasteiger partial charge >= 0.3 is 5.97 Å². The highest BCUT2D eigenvalue weighted by atomic mass is 32.2. The van der Waals surface area contributed by atoms with Crippen molar-refractivity contribution in [3.63, 3.8) is 0 Å². The molecular formula is C16H16O2S. The van der Waals surface area contributed by atoms with Gasteiger partial charge in [0.25, 0.3) is 0 Å². The van der Waals surface area contributed by atoms with Crippen molar-refractivity contribution in [1.29, 1.82) is 0 Å². The summed E-state index contributed by atoms with van der Waals surface area (Å²) in [5.41, 5.74) is 3.65. The second-order valence-corrected chi connectivity index (χ2v) is 5.77. The second kappa shape index (κ2) is 5.49. The molecule has 0 spiro atoms. The predicted molar refractivity (Wildman–Crippen MR) is 78.2 cm³/mol. The van der Waals surface area contributed by atoms with Crippen LogP contribution in [-0.4, -0.2) is 11.1 Å². The molecule has 0 aromatic heterocycles. The lowest BCUT2D eigenvalue weighted by Gasteiger charge is -2.08. The first-order chi connectivity index (χ1) is 8.97. The standard InChI is InChI=1S/C16H16O2S/c1-10-4-7-15(12(3)8-10)19-13-5-6-14(16(17)18)11(2)9-13/h4-9H,1-3H3,(H,17,18). The Morgan fingerprint density at radius 1 is 1.00 bits per heavy atom. The quantitative estimate of drug-likeness (QED) is 0.896. The maximum atomic E-state index is 11.0. The first-order valence-corrected chi connectivity index (χ1v) is 6.88. The van der Waals surface area contributed by atoms with Crippen LogP contribution >= 0.6 is 11.8 Å². The van der Waals surface area contributed by atoms with Crippen molar-refractivity contribution in [3.8, 4) is 0 Å². The van der Waals surface area contributed by atoms with Crippen molar-refractivity contribution < 1.29 is 9.90 Å². The van der Waals surface area contributed by atoms with E-state index in [1.807, 2.05) is 19.1 Å². The zero-order valence-electron chi connectivity index (χ0n) is 11.2. The average molecular weight is 272 g/mol. The van der Waals surface area contributed by atoms with Crippen molar-refractivity contribution in [2.45, 2.75) is 30.6 Å². The van der Waals surface area contributed by atoms with Gasteiger partial charge in [0.1, 0.15) is 0 Å². The highest BCUT2D eigenvalue weighted by molar-refractivity contribution is 7.99. The zero-order chi connectivity index (χ0) is 14.0. The Hall–Kier alpha value is -1.74. The Bertz CT molecular complexity index is 633. The van der Waals surface area contributed by atoms with Gasteiger partial charge < -0.3 is 5.11 Å². The van der Waals surface area contributed by atoms with Crippen LogP contribution in [-0.2, 0) is 0 Å². The first kappa shape index (κ1) is 13.7. The van der Waals surface area contributed by atoms with Crippen molar-refractivity contribution in [2.75, 3.05) is 0 Å². The van der Waals surface area contributed by atoms with Crippen LogP contribution in [0.4, 0.5) is 0 Å². The number of aromatic carboxylic acids is 1. The highest BCUT2D eigenvalue weighted by Gasteiger charge is 2.08. The van der Waals surface area contributed by atoms with Gasteiger partial charge in [-0.15, -0.1) is 0 Å². The minimum Gasteiger partial charge on any atom is -0.478 e. The summed E-state index contributed by atoms with van der Waals surface area (Å²) in [6.45, 7) is 6.00. The van der Waals surface area contributed by atoms with Gasteiger partial charge in [0.15, 0.2) is 0 Å². The monoisotopic (exact) mass is 272 g/mol. The summed E-state index contributed by atoms with van der Waals surface area (Å²) in [5, 5.41) is 9.01. The van der Waals surface area contributed by atoms with Crippen LogP contribution in [0.1, 0.15) is 27.0 Å². The number of carboxylic acids is 1. The molecular weight excluding hydrogens is 256 g/mol. The van der Waals surface area contributed by atoms with E-state index in [0.29, 0.717) is 5.56 Å². The summed E-state index contributed by atoms with van der Waals surface area (Å²) in [5.74, 6) is -0.874. The van der Waals surface area contributed by atoms with Crippen LogP contribution in [0.2, 0.25) is 0 Å². The third kappa shape index (κ3) is 3.18. The van der Waals surface area contributed by atoms with E-state index in [9.17, 15) is 4.79 Å². The molecule has 0 aliphatic heterocycles. The SMILES string of the molecule is Cc1ccc(Sc2ccc(C(=O)O)c(C)c2)c(C)c1. The predicted octanol–water partition coefficient (Wildman–Crippen LogP) is 4.46. The van der Waals surface area contributed by atoms with Gasteiger partial charge in [-0.2, -0.15) is 0 Å². The van der Waals surface area contributed by atoms with E-state index in [4.69, 9.17) is 5.11 Å². The first-order valence-electron chi connectivity index (χ1n) is 6.06. The Morgan fingerprint density at radius 3 is 2.32 bits per heavy atom. The number of benzene rings is 2. The van der Waals surface area contributed by atoms with Gasteiger partial charge in [-0.05, 0) is 56.2 Å². The van der Waals surface area contributed by atoms with Crippen LogP contribution in [0.3, 0.4) is 0 Å². The molecule has 0 atom stereocenters. The number of carboxylic acid groups (broad SMARTS) is 1. The fraction of sp³-hybridized carbons (Fsp3) is 0.188. The molecule has 0 saturated heterocycles. The van der Waals surface area contributed by atoms with Gasteiger partial charge in [0.05, 0.1) is 5.56 Å². The van der Waals surface area contributed by atoms with Crippen LogP contribution < -0.4 is 0 Å². The fourth-order valence-corrected chi connectivity index (χ4v) is 2.96. The normalized spacial score (nSPS) is 10.5. The summed E-state index contributed by atoms with van der Waals surface area (Å²) in [6, 6.07) is 11.8. The molecule has 1 N–H and O–H groups in total. The van der Waals surface area contributed by atoms with Crippen molar-refractivity contribution in [2.24, 2.45) is 0 Å². The number of rotatable bonds is 3. The molecule has 98 valence electrons. The molecule has 2 nitrogen and oxygen atoms in total. The molecule has 0 aliphatic rings. The van der Waals surface area contributed by atoms with E-state index >= 15 is 0 Å². The smallest absolute Gasteiger partial charge is 0.335 e. The Morgan fingerprint density at radius 2 is 1.74 bits per heavy atom. The summed E-state index contributed by atoms with van der Waals surface area (Å²) < 4.78 is 0. The minimum absolute atomic E-state index is 0.366. The molecule has 3 heteroatoms. The van der Waals surface area contributed by atoms with Crippen LogP contribution in [0.5, 0.6) is 0 Å².